The maximum absolute atomic E-state index is 5.83. The van der Waals surface area contributed by atoms with Gasteiger partial charge in [-0.3, -0.25) is 0 Å². The van der Waals surface area contributed by atoms with Crippen molar-refractivity contribution in [2.24, 2.45) is 0 Å². The molecule has 0 saturated carbocycles. The summed E-state index contributed by atoms with van der Waals surface area (Å²) in [6.45, 7) is 0.972. The third-order valence-electron chi connectivity index (χ3n) is 1.86. The molecule has 0 N–H and O–H groups in total. The van der Waals surface area contributed by atoms with E-state index in [1.807, 2.05) is 0 Å². The Kier molecular flexibility index (Phi) is 4.58. The number of alkyl halides is 2. The molecule has 0 radical (unpaired) electrons. The minimum absolute atomic E-state index is 0.164. The summed E-state index contributed by atoms with van der Waals surface area (Å²) in [4.78, 5) is 0. The van der Waals surface area contributed by atoms with Crippen molar-refractivity contribution in [2.75, 3.05) is 12.5 Å². The first-order chi connectivity index (χ1) is 5.33. The zero-order chi connectivity index (χ0) is 8.10. The van der Waals surface area contributed by atoms with Gasteiger partial charge in [0, 0.05) is 11.3 Å². The molecule has 1 fully saturated rings. The molecule has 66 valence electrons. The van der Waals surface area contributed by atoms with E-state index >= 15 is 0 Å². The highest BCUT2D eigenvalue weighted by molar-refractivity contribution is 6.28. The second-order valence-electron chi connectivity index (χ2n) is 2.99. The molecular formula is C8H14Cl2O. The van der Waals surface area contributed by atoms with E-state index in [4.69, 9.17) is 27.9 Å². The van der Waals surface area contributed by atoms with Crippen LogP contribution in [0.3, 0.4) is 0 Å². The summed E-state index contributed by atoms with van der Waals surface area (Å²) in [6.07, 6.45) is 5.22. The van der Waals surface area contributed by atoms with E-state index in [1.165, 1.54) is 19.3 Å². The number of halogens is 2. The number of rotatable bonds is 6. The average Bonchev–Trinajstić information content (AvgIpc) is 2.81. The quantitative estimate of drug-likeness (QED) is 0.362. The van der Waals surface area contributed by atoms with Crippen molar-refractivity contribution in [2.45, 2.75) is 37.2 Å². The predicted molar refractivity (Wildman–Crippen MR) is 48.6 cm³/mol. The van der Waals surface area contributed by atoms with Gasteiger partial charge < -0.3 is 4.74 Å². The van der Waals surface area contributed by atoms with E-state index in [9.17, 15) is 0 Å². The smallest absolute Gasteiger partial charge is 0.0810 e. The van der Waals surface area contributed by atoms with Gasteiger partial charge in [-0.15, -0.1) is 23.2 Å². The molecule has 0 spiro atoms. The van der Waals surface area contributed by atoms with Crippen molar-refractivity contribution in [3.05, 3.63) is 0 Å². The maximum atomic E-state index is 5.83. The lowest BCUT2D eigenvalue weighted by molar-refractivity contribution is 0.388. The monoisotopic (exact) mass is 196 g/mol. The zero-order valence-electron chi connectivity index (χ0n) is 6.56. The van der Waals surface area contributed by atoms with Crippen LogP contribution >= 0.6 is 23.2 Å². The first-order valence-electron chi connectivity index (χ1n) is 4.14. The van der Waals surface area contributed by atoms with Crippen molar-refractivity contribution in [1.82, 2.24) is 0 Å². The highest BCUT2D eigenvalue weighted by Gasteiger charge is 2.21. The topological polar surface area (TPSA) is 12.5 Å². The molecule has 11 heavy (non-hydrogen) atoms. The molecule has 0 amide bonds. The van der Waals surface area contributed by atoms with Gasteiger partial charge in [0.1, 0.15) is 0 Å². The summed E-state index contributed by atoms with van der Waals surface area (Å²) in [5.74, 6) is 0.571. The Bertz CT molecular complexity index is 104. The Labute approximate surface area is 78.0 Å². The fourth-order valence-corrected chi connectivity index (χ4v) is 1.36. The Hall–Kier alpha value is 0.540. The minimum Gasteiger partial charge on any atom is -0.373 e. The van der Waals surface area contributed by atoms with Crippen molar-refractivity contribution in [3.8, 4) is 0 Å². The van der Waals surface area contributed by atoms with Gasteiger partial charge >= 0.3 is 0 Å². The molecule has 1 saturated heterocycles. The van der Waals surface area contributed by atoms with Gasteiger partial charge in [-0.1, -0.05) is 12.8 Å². The van der Waals surface area contributed by atoms with Crippen LogP contribution in [0.5, 0.6) is 0 Å². The molecule has 0 bridgehead atoms. The Balaban J connectivity index is 1.79. The van der Waals surface area contributed by atoms with Crippen LogP contribution in [0.25, 0.3) is 0 Å². The molecule has 1 aliphatic heterocycles. The summed E-state index contributed by atoms with van der Waals surface area (Å²) in [6, 6.07) is 0. The second-order valence-corrected chi connectivity index (χ2v) is 3.92. The fraction of sp³-hybridized carbons (Fsp3) is 1.00. The summed E-state index contributed by atoms with van der Waals surface area (Å²) in [7, 11) is 0. The molecule has 0 aromatic carbocycles. The molecule has 1 aliphatic rings. The van der Waals surface area contributed by atoms with E-state index in [0.717, 1.165) is 13.0 Å². The molecule has 2 atom stereocenters. The molecule has 3 heteroatoms. The van der Waals surface area contributed by atoms with Gasteiger partial charge in [-0.2, -0.15) is 0 Å². The van der Waals surface area contributed by atoms with Crippen LogP contribution in [0.1, 0.15) is 25.7 Å². The van der Waals surface area contributed by atoms with E-state index in [1.54, 1.807) is 0 Å². The van der Waals surface area contributed by atoms with Gasteiger partial charge in [-0.05, 0) is 12.8 Å². The van der Waals surface area contributed by atoms with Crippen molar-refractivity contribution < 1.29 is 4.74 Å². The Morgan fingerprint density at radius 1 is 1.45 bits per heavy atom. The third-order valence-corrected chi connectivity index (χ3v) is 2.77. The Morgan fingerprint density at radius 2 is 2.18 bits per heavy atom. The van der Waals surface area contributed by atoms with Gasteiger partial charge in [-0.25, -0.2) is 0 Å². The number of unbranched alkanes of at least 4 members (excludes halogenated alkanes) is 1. The zero-order valence-corrected chi connectivity index (χ0v) is 8.07. The summed E-state index contributed by atoms with van der Waals surface area (Å²) in [5.41, 5.74) is 0. The third kappa shape index (κ3) is 4.89. The Morgan fingerprint density at radius 3 is 2.73 bits per heavy atom. The van der Waals surface area contributed by atoms with Crippen molar-refractivity contribution in [3.63, 3.8) is 0 Å². The number of ether oxygens (including phenoxy) is 1. The largest absolute Gasteiger partial charge is 0.373 e. The van der Waals surface area contributed by atoms with Gasteiger partial charge in [0.2, 0.25) is 0 Å². The SMILES string of the molecule is ClC[C@H](Cl)CCCC[C@@H]1CO1. The van der Waals surface area contributed by atoms with E-state index in [2.05, 4.69) is 0 Å². The van der Waals surface area contributed by atoms with Crippen LogP contribution in [0, 0.1) is 0 Å². The van der Waals surface area contributed by atoms with E-state index in [0.29, 0.717) is 12.0 Å². The summed E-state index contributed by atoms with van der Waals surface area (Å²) < 4.78 is 5.08. The molecule has 0 unspecified atom stereocenters. The predicted octanol–water partition coefficient (Wildman–Crippen LogP) is 2.79. The molecule has 0 aromatic heterocycles. The molecular weight excluding hydrogens is 183 g/mol. The highest BCUT2D eigenvalue weighted by atomic mass is 35.5. The number of hydrogen-bond donors (Lipinski definition) is 0. The average molecular weight is 197 g/mol. The standard InChI is InChI=1S/C8H14Cl2O/c9-5-7(10)3-1-2-4-8-6-11-8/h7-8H,1-6H2/t7-,8-/m1/s1. The lowest BCUT2D eigenvalue weighted by atomic mass is 10.1. The first-order valence-corrected chi connectivity index (χ1v) is 5.11. The first kappa shape index (κ1) is 9.63. The summed E-state index contributed by atoms with van der Waals surface area (Å²) >= 11 is 11.4. The molecule has 1 rings (SSSR count). The lowest BCUT2D eigenvalue weighted by Gasteiger charge is -2.03. The van der Waals surface area contributed by atoms with E-state index < -0.39 is 0 Å². The molecule has 1 nitrogen and oxygen atoms in total. The van der Waals surface area contributed by atoms with Crippen LogP contribution in [-0.2, 0) is 4.74 Å². The van der Waals surface area contributed by atoms with Gasteiger partial charge in [0.15, 0.2) is 0 Å². The van der Waals surface area contributed by atoms with Crippen molar-refractivity contribution >= 4 is 23.2 Å². The molecule has 0 aliphatic carbocycles. The van der Waals surface area contributed by atoms with Crippen LogP contribution in [0.4, 0.5) is 0 Å². The second kappa shape index (κ2) is 5.23. The molecule has 1 heterocycles. The highest BCUT2D eigenvalue weighted by Crippen LogP contribution is 2.18. The van der Waals surface area contributed by atoms with Gasteiger partial charge in [0.05, 0.1) is 12.7 Å². The van der Waals surface area contributed by atoms with Crippen molar-refractivity contribution in [1.29, 1.82) is 0 Å². The van der Waals surface area contributed by atoms with Crippen LogP contribution in [0.2, 0.25) is 0 Å². The maximum Gasteiger partial charge on any atom is 0.0810 e. The normalized spacial score (nSPS) is 25.1. The molecule has 0 aromatic rings. The number of epoxide rings is 1. The lowest BCUT2D eigenvalue weighted by Crippen LogP contribution is -1.99. The minimum atomic E-state index is 0.164. The number of hydrogen-bond acceptors (Lipinski definition) is 1. The van der Waals surface area contributed by atoms with Crippen LogP contribution in [0.15, 0.2) is 0 Å². The van der Waals surface area contributed by atoms with Crippen LogP contribution < -0.4 is 0 Å². The summed E-state index contributed by atoms with van der Waals surface area (Å²) in [5, 5.41) is 0.164. The van der Waals surface area contributed by atoms with Crippen LogP contribution in [-0.4, -0.2) is 24.0 Å². The fourth-order valence-electron chi connectivity index (χ4n) is 1.05. The van der Waals surface area contributed by atoms with E-state index in [-0.39, 0.29) is 5.38 Å². The van der Waals surface area contributed by atoms with Gasteiger partial charge in [0.25, 0.3) is 0 Å².